The van der Waals surface area contributed by atoms with Gasteiger partial charge in [0.2, 0.25) is 5.91 Å². The van der Waals surface area contributed by atoms with Crippen LogP contribution in [-0.2, 0) is 20.7 Å². The van der Waals surface area contributed by atoms with Crippen LogP contribution >= 0.6 is 11.8 Å². The number of thioether (sulfide) groups is 1. The fourth-order valence-electron chi connectivity index (χ4n) is 2.84. The molecule has 0 bridgehead atoms. The average molecular weight is 400 g/mol. The Kier molecular flexibility index (Phi) is 6.30. The number of nitrogens with zero attached hydrogens (tertiary/aromatic N) is 1. The summed E-state index contributed by atoms with van der Waals surface area (Å²) in [5.74, 6) is -0.0599. The summed E-state index contributed by atoms with van der Waals surface area (Å²) in [5, 5.41) is 1.57. The van der Waals surface area contributed by atoms with E-state index in [1.807, 2.05) is 31.2 Å². The van der Waals surface area contributed by atoms with E-state index in [0.29, 0.717) is 17.9 Å². The van der Waals surface area contributed by atoms with E-state index in [2.05, 4.69) is 10.3 Å². The third-order valence-electron chi connectivity index (χ3n) is 4.18. The fourth-order valence-corrected chi connectivity index (χ4v) is 3.70. The van der Waals surface area contributed by atoms with Gasteiger partial charge < -0.3 is 9.47 Å². The van der Waals surface area contributed by atoms with Gasteiger partial charge in [0.05, 0.1) is 10.9 Å². The first-order chi connectivity index (χ1) is 13.4. The minimum absolute atomic E-state index is 0.131. The minimum Gasteiger partial charge on any atom is -0.489 e. The third-order valence-corrected chi connectivity index (χ3v) is 5.16. The van der Waals surface area contributed by atoms with E-state index >= 15 is 0 Å². The van der Waals surface area contributed by atoms with Crippen LogP contribution in [0.4, 0.5) is 4.79 Å². The molecular formula is C20H20N2O5S. The molecule has 0 spiro atoms. The van der Waals surface area contributed by atoms with Crippen molar-refractivity contribution in [3.05, 3.63) is 59.4 Å². The third kappa shape index (κ3) is 5.10. The summed E-state index contributed by atoms with van der Waals surface area (Å²) in [6, 6.07) is 11.0. The van der Waals surface area contributed by atoms with Crippen LogP contribution in [0.25, 0.3) is 0 Å². The monoisotopic (exact) mass is 400 g/mol. The lowest BCUT2D eigenvalue weighted by Crippen LogP contribution is -2.25. The first-order valence-corrected chi connectivity index (χ1v) is 9.62. The van der Waals surface area contributed by atoms with Crippen molar-refractivity contribution in [1.29, 1.82) is 0 Å². The maximum atomic E-state index is 11.7. The number of hydrogen-bond donors (Lipinski definition) is 1. The van der Waals surface area contributed by atoms with Crippen molar-refractivity contribution in [2.75, 3.05) is 6.61 Å². The summed E-state index contributed by atoms with van der Waals surface area (Å²) in [4.78, 5) is 38.7. The van der Waals surface area contributed by atoms with E-state index in [-0.39, 0.29) is 17.8 Å². The maximum Gasteiger partial charge on any atom is 0.303 e. The number of carbonyl (C=O) groups is 3. The van der Waals surface area contributed by atoms with Crippen molar-refractivity contribution < 1.29 is 23.9 Å². The smallest absolute Gasteiger partial charge is 0.303 e. The lowest BCUT2D eigenvalue weighted by atomic mass is 10.1. The standard InChI is InChI=1S/C20H20N2O5S/c1-12-4-3-9-21-18(12)16(27-13(2)23)11-26-15-7-5-14(6-8-15)10-17-19(24)22-20(25)28-17/h3-9,16-17H,10-11H2,1-2H3,(H,22,24,25). The van der Waals surface area contributed by atoms with E-state index in [1.54, 1.807) is 18.3 Å². The molecule has 1 saturated heterocycles. The van der Waals surface area contributed by atoms with Crippen LogP contribution in [0, 0.1) is 6.92 Å². The number of hydrogen-bond acceptors (Lipinski definition) is 7. The zero-order chi connectivity index (χ0) is 20.1. The molecule has 0 saturated carbocycles. The first-order valence-electron chi connectivity index (χ1n) is 8.74. The number of pyridine rings is 1. The lowest BCUT2D eigenvalue weighted by Gasteiger charge is -2.19. The Morgan fingerprint density at radius 3 is 2.61 bits per heavy atom. The number of ether oxygens (including phenoxy) is 2. The van der Waals surface area contributed by atoms with Crippen LogP contribution in [0.15, 0.2) is 42.6 Å². The number of imide groups is 1. The molecular weight excluding hydrogens is 380 g/mol. The topological polar surface area (TPSA) is 94.6 Å². The number of aryl methyl sites for hydroxylation is 1. The van der Waals surface area contributed by atoms with Gasteiger partial charge in [-0.3, -0.25) is 24.7 Å². The van der Waals surface area contributed by atoms with Crippen molar-refractivity contribution in [2.45, 2.75) is 31.6 Å². The average Bonchev–Trinajstić information content (AvgIpc) is 2.97. The number of esters is 1. The maximum absolute atomic E-state index is 11.7. The molecule has 1 N–H and O–H groups in total. The molecule has 8 heteroatoms. The second-order valence-electron chi connectivity index (χ2n) is 6.35. The molecule has 2 unspecified atom stereocenters. The molecule has 0 radical (unpaired) electrons. The van der Waals surface area contributed by atoms with Crippen LogP contribution in [0.3, 0.4) is 0 Å². The van der Waals surface area contributed by atoms with Gasteiger partial charge in [0.15, 0.2) is 6.10 Å². The molecule has 2 atom stereocenters. The molecule has 1 aromatic heterocycles. The van der Waals surface area contributed by atoms with Gasteiger partial charge in [0.25, 0.3) is 5.24 Å². The Morgan fingerprint density at radius 1 is 1.25 bits per heavy atom. The van der Waals surface area contributed by atoms with Crippen molar-refractivity contribution in [3.8, 4) is 5.75 Å². The van der Waals surface area contributed by atoms with Gasteiger partial charge in [-0.15, -0.1) is 0 Å². The van der Waals surface area contributed by atoms with E-state index < -0.39 is 17.3 Å². The number of aromatic nitrogens is 1. The SMILES string of the molecule is CC(=O)OC(COc1ccc(CC2SC(=O)NC2=O)cc1)c1ncccc1C. The Morgan fingerprint density at radius 2 is 2.00 bits per heavy atom. The Balaban J connectivity index is 1.62. The summed E-state index contributed by atoms with van der Waals surface area (Å²) < 4.78 is 11.2. The highest BCUT2D eigenvalue weighted by Crippen LogP contribution is 2.25. The molecule has 7 nitrogen and oxygen atoms in total. The second-order valence-corrected chi connectivity index (χ2v) is 7.52. The molecule has 1 aliphatic heterocycles. The quantitative estimate of drug-likeness (QED) is 0.714. The molecule has 0 aliphatic carbocycles. The summed E-state index contributed by atoms with van der Waals surface area (Å²) >= 11 is 1.01. The lowest BCUT2D eigenvalue weighted by molar-refractivity contribution is -0.148. The molecule has 2 aromatic rings. The van der Waals surface area contributed by atoms with Crippen LogP contribution in [-0.4, -0.2) is 34.0 Å². The van der Waals surface area contributed by atoms with Crippen LogP contribution in [0.2, 0.25) is 0 Å². The fraction of sp³-hybridized carbons (Fsp3) is 0.300. The molecule has 1 fully saturated rings. The molecule has 146 valence electrons. The van der Waals surface area contributed by atoms with Crippen molar-refractivity contribution in [3.63, 3.8) is 0 Å². The van der Waals surface area contributed by atoms with Crippen molar-refractivity contribution in [1.82, 2.24) is 10.3 Å². The highest BCUT2D eigenvalue weighted by atomic mass is 32.2. The molecule has 28 heavy (non-hydrogen) atoms. The molecule has 2 amide bonds. The van der Waals surface area contributed by atoms with E-state index in [9.17, 15) is 14.4 Å². The zero-order valence-corrected chi connectivity index (χ0v) is 16.3. The van der Waals surface area contributed by atoms with Gasteiger partial charge in [-0.2, -0.15) is 0 Å². The summed E-state index contributed by atoms with van der Waals surface area (Å²) in [7, 11) is 0. The molecule has 1 aromatic carbocycles. The van der Waals surface area contributed by atoms with Gasteiger partial charge in [0, 0.05) is 13.1 Å². The highest BCUT2D eigenvalue weighted by molar-refractivity contribution is 8.15. The first kappa shape index (κ1) is 19.9. The van der Waals surface area contributed by atoms with Gasteiger partial charge >= 0.3 is 5.97 Å². The van der Waals surface area contributed by atoms with E-state index in [0.717, 1.165) is 22.9 Å². The normalized spacial score (nSPS) is 17.1. The summed E-state index contributed by atoms with van der Waals surface area (Å²) in [5.41, 5.74) is 2.49. The van der Waals surface area contributed by atoms with Crippen LogP contribution in [0.1, 0.15) is 29.8 Å². The summed E-state index contributed by atoms with van der Waals surface area (Å²) in [6.45, 7) is 3.38. The molecule has 1 aliphatic rings. The zero-order valence-electron chi connectivity index (χ0n) is 15.5. The second kappa shape index (κ2) is 8.88. The van der Waals surface area contributed by atoms with E-state index in [4.69, 9.17) is 9.47 Å². The largest absolute Gasteiger partial charge is 0.489 e. The van der Waals surface area contributed by atoms with Crippen LogP contribution < -0.4 is 10.1 Å². The van der Waals surface area contributed by atoms with Crippen molar-refractivity contribution >= 4 is 28.9 Å². The van der Waals surface area contributed by atoms with Gasteiger partial charge in [-0.1, -0.05) is 30.0 Å². The Bertz CT molecular complexity index is 884. The number of amides is 2. The minimum atomic E-state index is -0.608. The predicted octanol–water partition coefficient (Wildman–Crippen LogP) is 2.97. The highest BCUT2D eigenvalue weighted by Gasteiger charge is 2.31. The molecule has 3 rings (SSSR count). The molecule has 2 heterocycles. The summed E-state index contributed by atoms with van der Waals surface area (Å²) in [6.07, 6.45) is 1.50. The Hall–Kier alpha value is -2.87. The van der Waals surface area contributed by atoms with E-state index in [1.165, 1.54) is 6.92 Å². The van der Waals surface area contributed by atoms with Crippen molar-refractivity contribution in [2.24, 2.45) is 0 Å². The van der Waals surface area contributed by atoms with Gasteiger partial charge in [-0.25, -0.2) is 0 Å². The number of rotatable bonds is 7. The van der Waals surface area contributed by atoms with Gasteiger partial charge in [-0.05, 0) is 42.7 Å². The van der Waals surface area contributed by atoms with Gasteiger partial charge in [0.1, 0.15) is 12.4 Å². The number of benzene rings is 1. The number of carbonyl (C=O) groups excluding carboxylic acids is 3. The predicted molar refractivity (Wildman–Crippen MR) is 104 cm³/mol. The van der Waals surface area contributed by atoms with Crippen LogP contribution in [0.5, 0.6) is 5.75 Å². The Labute approximate surface area is 166 Å². The number of nitrogens with one attached hydrogen (secondary N) is 1.